The molecule has 0 saturated carbocycles. The molecule has 0 spiro atoms. The molecule has 1 N–H and O–H groups in total. The molecule has 0 aromatic heterocycles. The Balaban J connectivity index is 2.62. The molecule has 0 fully saturated rings. The van der Waals surface area contributed by atoms with Crippen LogP contribution in [-0.2, 0) is 0 Å². The zero-order valence-electron chi connectivity index (χ0n) is 9.57. The molecule has 1 rings (SSSR count). The number of nitrogens with one attached hydrogen (secondary N) is 1. The first-order chi connectivity index (χ1) is 7.65. The quantitative estimate of drug-likeness (QED) is 0.819. The SMILES string of the molecule is CN(C)CCNC(C#N)c1ccccc1F. The van der Waals surface area contributed by atoms with Crippen molar-refractivity contribution in [1.29, 1.82) is 5.26 Å². The number of benzene rings is 1. The van der Waals surface area contributed by atoms with Crippen molar-refractivity contribution in [3.05, 3.63) is 35.6 Å². The fraction of sp³-hybridized carbons (Fsp3) is 0.417. The summed E-state index contributed by atoms with van der Waals surface area (Å²) in [6, 6.07) is 7.83. The molecule has 86 valence electrons. The van der Waals surface area contributed by atoms with Crippen LogP contribution in [0.3, 0.4) is 0 Å². The van der Waals surface area contributed by atoms with Crippen LogP contribution in [0.2, 0.25) is 0 Å². The van der Waals surface area contributed by atoms with Gasteiger partial charge in [0.15, 0.2) is 0 Å². The van der Waals surface area contributed by atoms with Gasteiger partial charge >= 0.3 is 0 Å². The molecule has 16 heavy (non-hydrogen) atoms. The molecule has 1 aromatic rings. The van der Waals surface area contributed by atoms with Gasteiger partial charge in [-0.1, -0.05) is 18.2 Å². The number of nitrogens with zero attached hydrogens (tertiary/aromatic N) is 2. The van der Waals surface area contributed by atoms with Gasteiger partial charge in [-0.25, -0.2) is 4.39 Å². The van der Waals surface area contributed by atoms with Crippen LogP contribution >= 0.6 is 0 Å². The Bertz CT molecular complexity index is 371. The van der Waals surface area contributed by atoms with Crippen LogP contribution in [0, 0.1) is 17.1 Å². The molecular weight excluding hydrogens is 205 g/mol. The van der Waals surface area contributed by atoms with Gasteiger partial charge in [-0.2, -0.15) is 5.26 Å². The summed E-state index contributed by atoms with van der Waals surface area (Å²) in [7, 11) is 3.90. The predicted octanol–water partition coefficient (Wildman–Crippen LogP) is 1.54. The van der Waals surface area contributed by atoms with Crippen molar-refractivity contribution < 1.29 is 4.39 Å². The van der Waals surface area contributed by atoms with Crippen LogP contribution in [0.25, 0.3) is 0 Å². The monoisotopic (exact) mass is 221 g/mol. The lowest BCUT2D eigenvalue weighted by molar-refractivity contribution is 0.393. The van der Waals surface area contributed by atoms with Gasteiger partial charge < -0.3 is 4.90 Å². The Hall–Kier alpha value is -1.44. The van der Waals surface area contributed by atoms with Gasteiger partial charge in [-0.05, 0) is 20.2 Å². The van der Waals surface area contributed by atoms with E-state index < -0.39 is 6.04 Å². The standard InChI is InChI=1S/C12H16FN3/c1-16(2)8-7-15-12(9-14)10-5-3-4-6-11(10)13/h3-6,12,15H,7-8H2,1-2H3. The molecule has 1 unspecified atom stereocenters. The minimum absolute atomic E-state index is 0.341. The maximum atomic E-state index is 13.4. The summed E-state index contributed by atoms with van der Waals surface area (Å²) in [6.07, 6.45) is 0. The van der Waals surface area contributed by atoms with Crippen LogP contribution in [0.5, 0.6) is 0 Å². The minimum atomic E-state index is -0.582. The van der Waals surface area contributed by atoms with E-state index in [-0.39, 0.29) is 5.82 Å². The maximum absolute atomic E-state index is 13.4. The molecule has 0 saturated heterocycles. The van der Waals surface area contributed by atoms with E-state index >= 15 is 0 Å². The second kappa shape index (κ2) is 6.21. The smallest absolute Gasteiger partial charge is 0.129 e. The summed E-state index contributed by atoms with van der Waals surface area (Å²) in [4.78, 5) is 2.00. The number of hydrogen-bond acceptors (Lipinski definition) is 3. The first-order valence-electron chi connectivity index (χ1n) is 5.17. The third kappa shape index (κ3) is 3.61. The number of hydrogen-bond donors (Lipinski definition) is 1. The summed E-state index contributed by atoms with van der Waals surface area (Å²) in [5, 5.41) is 12.0. The van der Waals surface area contributed by atoms with Crippen LogP contribution in [0.1, 0.15) is 11.6 Å². The van der Waals surface area contributed by atoms with Gasteiger partial charge in [0.1, 0.15) is 11.9 Å². The Morgan fingerprint density at radius 1 is 1.44 bits per heavy atom. The maximum Gasteiger partial charge on any atom is 0.129 e. The Kier molecular flexibility index (Phi) is 4.90. The highest BCUT2D eigenvalue weighted by Gasteiger charge is 2.13. The fourth-order valence-corrected chi connectivity index (χ4v) is 1.37. The molecule has 0 aliphatic carbocycles. The zero-order valence-corrected chi connectivity index (χ0v) is 9.57. The molecule has 1 aromatic carbocycles. The molecule has 0 aliphatic rings. The lowest BCUT2D eigenvalue weighted by Gasteiger charge is -2.15. The topological polar surface area (TPSA) is 39.1 Å². The van der Waals surface area contributed by atoms with E-state index in [1.807, 2.05) is 19.0 Å². The summed E-state index contributed by atoms with van der Waals surface area (Å²) in [6.45, 7) is 1.46. The summed E-state index contributed by atoms with van der Waals surface area (Å²) < 4.78 is 13.4. The van der Waals surface area contributed by atoms with Crippen molar-refractivity contribution >= 4 is 0 Å². The molecule has 0 heterocycles. The summed E-state index contributed by atoms with van der Waals surface area (Å²) in [5.41, 5.74) is 0.406. The molecule has 0 amide bonds. The summed E-state index contributed by atoms with van der Waals surface area (Å²) >= 11 is 0. The van der Waals surface area contributed by atoms with Gasteiger partial charge in [0.2, 0.25) is 0 Å². The van der Waals surface area contributed by atoms with E-state index in [2.05, 4.69) is 11.4 Å². The van der Waals surface area contributed by atoms with Crippen molar-refractivity contribution in [2.24, 2.45) is 0 Å². The van der Waals surface area contributed by atoms with E-state index in [4.69, 9.17) is 5.26 Å². The van der Waals surface area contributed by atoms with E-state index in [9.17, 15) is 4.39 Å². The first-order valence-corrected chi connectivity index (χ1v) is 5.17. The zero-order chi connectivity index (χ0) is 12.0. The van der Waals surface area contributed by atoms with Crippen LogP contribution < -0.4 is 5.32 Å². The van der Waals surface area contributed by atoms with Crippen molar-refractivity contribution in [3.63, 3.8) is 0 Å². The molecular formula is C12H16FN3. The van der Waals surface area contributed by atoms with Gasteiger partial charge in [0.05, 0.1) is 6.07 Å². The second-order valence-electron chi connectivity index (χ2n) is 3.84. The van der Waals surface area contributed by atoms with Crippen molar-refractivity contribution in [1.82, 2.24) is 10.2 Å². The fourth-order valence-electron chi connectivity index (χ4n) is 1.37. The van der Waals surface area contributed by atoms with E-state index in [1.165, 1.54) is 6.07 Å². The van der Waals surface area contributed by atoms with Crippen LogP contribution in [-0.4, -0.2) is 32.1 Å². The Morgan fingerprint density at radius 2 is 2.12 bits per heavy atom. The van der Waals surface area contributed by atoms with Gasteiger partial charge in [-0.15, -0.1) is 0 Å². The molecule has 0 aliphatic heterocycles. The Labute approximate surface area is 95.5 Å². The molecule has 3 nitrogen and oxygen atoms in total. The van der Waals surface area contributed by atoms with E-state index in [0.717, 1.165) is 6.54 Å². The van der Waals surface area contributed by atoms with Gasteiger partial charge in [0, 0.05) is 18.7 Å². The minimum Gasteiger partial charge on any atom is -0.308 e. The highest BCUT2D eigenvalue weighted by molar-refractivity contribution is 5.25. The average Bonchev–Trinajstić information content (AvgIpc) is 2.25. The number of halogens is 1. The molecule has 4 heteroatoms. The van der Waals surface area contributed by atoms with Gasteiger partial charge in [-0.3, -0.25) is 5.32 Å². The predicted molar refractivity (Wildman–Crippen MR) is 61.3 cm³/mol. The lowest BCUT2D eigenvalue weighted by Crippen LogP contribution is -2.29. The van der Waals surface area contributed by atoms with Gasteiger partial charge in [0.25, 0.3) is 0 Å². The third-order valence-electron chi connectivity index (χ3n) is 2.25. The largest absolute Gasteiger partial charge is 0.308 e. The van der Waals surface area contributed by atoms with E-state index in [1.54, 1.807) is 18.2 Å². The van der Waals surface area contributed by atoms with Crippen molar-refractivity contribution in [3.8, 4) is 6.07 Å². The average molecular weight is 221 g/mol. The molecule has 0 bridgehead atoms. The Morgan fingerprint density at radius 3 is 2.69 bits per heavy atom. The molecule has 0 radical (unpaired) electrons. The van der Waals surface area contributed by atoms with Crippen molar-refractivity contribution in [2.45, 2.75) is 6.04 Å². The normalized spacial score (nSPS) is 12.4. The third-order valence-corrected chi connectivity index (χ3v) is 2.25. The van der Waals surface area contributed by atoms with E-state index in [0.29, 0.717) is 12.1 Å². The number of likely N-dealkylation sites (N-methyl/N-ethyl adjacent to an activating group) is 1. The lowest BCUT2D eigenvalue weighted by atomic mass is 10.1. The highest BCUT2D eigenvalue weighted by atomic mass is 19.1. The van der Waals surface area contributed by atoms with Crippen LogP contribution in [0.4, 0.5) is 4.39 Å². The highest BCUT2D eigenvalue weighted by Crippen LogP contribution is 2.15. The second-order valence-corrected chi connectivity index (χ2v) is 3.84. The van der Waals surface area contributed by atoms with Crippen molar-refractivity contribution in [2.75, 3.05) is 27.2 Å². The number of rotatable bonds is 5. The first kappa shape index (κ1) is 12.6. The number of nitriles is 1. The van der Waals surface area contributed by atoms with Crippen LogP contribution in [0.15, 0.2) is 24.3 Å². The summed E-state index contributed by atoms with van der Waals surface area (Å²) in [5.74, 6) is -0.341. The molecule has 1 atom stereocenters.